The summed E-state index contributed by atoms with van der Waals surface area (Å²) < 4.78 is 0. The summed E-state index contributed by atoms with van der Waals surface area (Å²) in [5, 5.41) is 6.40. The zero-order chi connectivity index (χ0) is 21.7. The number of nitrogens with zero attached hydrogens (tertiary/aromatic N) is 1. The molecule has 30 heavy (non-hydrogen) atoms. The summed E-state index contributed by atoms with van der Waals surface area (Å²) >= 11 is 1.27. The molecular weight excluding hydrogens is 394 g/mol. The number of para-hydroxylation sites is 1. The Morgan fingerprint density at radius 3 is 2.33 bits per heavy atom. The Morgan fingerprint density at radius 2 is 1.63 bits per heavy atom. The van der Waals surface area contributed by atoms with Crippen LogP contribution in [0.1, 0.15) is 32.7 Å². The topological polar surface area (TPSA) is 71.1 Å². The van der Waals surface area contributed by atoms with Gasteiger partial charge in [-0.25, -0.2) is 4.98 Å². The van der Waals surface area contributed by atoms with E-state index in [0.717, 1.165) is 28.1 Å². The Bertz CT molecular complexity index is 1080. The Labute approximate surface area is 181 Å². The molecule has 0 aliphatic heterocycles. The number of carbonyl (C=O) groups excluding carboxylic acids is 2. The largest absolute Gasteiger partial charge is 0.325 e. The van der Waals surface area contributed by atoms with Crippen LogP contribution in [0.2, 0.25) is 0 Å². The molecule has 1 heterocycles. The van der Waals surface area contributed by atoms with Gasteiger partial charge in [0.25, 0.3) is 5.91 Å². The second-order valence-corrected chi connectivity index (χ2v) is 8.20. The van der Waals surface area contributed by atoms with Gasteiger partial charge in [-0.05, 0) is 63.1 Å². The first-order valence-corrected chi connectivity index (χ1v) is 10.7. The maximum Gasteiger partial charge on any atom is 0.258 e. The van der Waals surface area contributed by atoms with Gasteiger partial charge in [0.2, 0.25) is 5.91 Å². The van der Waals surface area contributed by atoms with E-state index in [1.807, 2.05) is 82.3 Å². The molecule has 1 aromatic heterocycles. The summed E-state index contributed by atoms with van der Waals surface area (Å²) in [6.45, 7) is 7.75. The second-order valence-electron chi connectivity index (χ2n) is 7.24. The second kappa shape index (κ2) is 9.59. The Hall–Kier alpha value is -3.12. The van der Waals surface area contributed by atoms with Crippen molar-refractivity contribution in [2.75, 3.05) is 16.4 Å². The lowest BCUT2D eigenvalue weighted by atomic mass is 10.1. The number of carbonyl (C=O) groups is 2. The molecule has 0 radical (unpaired) electrons. The van der Waals surface area contributed by atoms with Gasteiger partial charge in [0.05, 0.1) is 11.3 Å². The van der Waals surface area contributed by atoms with Crippen LogP contribution in [-0.4, -0.2) is 22.6 Å². The van der Waals surface area contributed by atoms with Crippen molar-refractivity contribution >= 4 is 35.0 Å². The maximum atomic E-state index is 12.9. The summed E-state index contributed by atoms with van der Waals surface area (Å²) in [5.41, 5.74) is 5.80. The van der Waals surface area contributed by atoms with Crippen LogP contribution in [-0.2, 0) is 4.79 Å². The number of aromatic nitrogens is 1. The molecule has 5 nitrogen and oxygen atoms in total. The van der Waals surface area contributed by atoms with Gasteiger partial charge in [0.1, 0.15) is 5.03 Å². The quantitative estimate of drug-likeness (QED) is 0.532. The number of thioether (sulfide) groups is 1. The van der Waals surface area contributed by atoms with E-state index in [-0.39, 0.29) is 17.6 Å². The van der Waals surface area contributed by atoms with Crippen LogP contribution < -0.4 is 10.6 Å². The maximum absolute atomic E-state index is 12.9. The van der Waals surface area contributed by atoms with E-state index < -0.39 is 0 Å². The SMILES string of the molecule is Cc1ccc(NC(=O)CSc2nc(C)cc(C)c2C(=O)Nc2ccccc2)c(C)c1. The molecule has 2 N–H and O–H groups in total. The number of anilines is 2. The standard InChI is InChI=1S/C24H25N3O2S/c1-15-10-11-20(16(2)12-15)27-21(28)14-30-24-22(17(3)13-18(4)25-24)23(29)26-19-8-6-5-7-9-19/h5-13H,14H2,1-4H3,(H,26,29)(H,27,28). The van der Waals surface area contributed by atoms with Gasteiger partial charge in [-0.1, -0.05) is 47.7 Å². The van der Waals surface area contributed by atoms with Gasteiger partial charge >= 0.3 is 0 Å². The van der Waals surface area contributed by atoms with Crippen molar-refractivity contribution in [3.05, 3.63) is 82.5 Å². The first kappa shape index (κ1) is 21.6. The third-order valence-corrected chi connectivity index (χ3v) is 5.54. The van der Waals surface area contributed by atoms with Gasteiger partial charge in [0, 0.05) is 17.1 Å². The zero-order valence-electron chi connectivity index (χ0n) is 17.6. The number of amides is 2. The van der Waals surface area contributed by atoms with Crippen molar-refractivity contribution in [3.63, 3.8) is 0 Å². The number of benzene rings is 2. The van der Waals surface area contributed by atoms with E-state index in [1.165, 1.54) is 11.8 Å². The van der Waals surface area contributed by atoms with Crippen molar-refractivity contribution in [1.29, 1.82) is 0 Å². The fourth-order valence-electron chi connectivity index (χ4n) is 3.17. The molecular formula is C24H25N3O2S. The number of hydrogen-bond acceptors (Lipinski definition) is 4. The average molecular weight is 420 g/mol. The molecule has 3 aromatic rings. The Kier molecular flexibility index (Phi) is 6.90. The van der Waals surface area contributed by atoms with Gasteiger partial charge in [-0.15, -0.1) is 0 Å². The molecule has 3 rings (SSSR count). The third-order valence-electron chi connectivity index (χ3n) is 4.57. The summed E-state index contributed by atoms with van der Waals surface area (Å²) in [4.78, 5) is 29.9. The molecule has 0 atom stereocenters. The van der Waals surface area contributed by atoms with Crippen LogP contribution in [0.25, 0.3) is 0 Å². The molecule has 6 heteroatoms. The monoisotopic (exact) mass is 419 g/mol. The molecule has 154 valence electrons. The summed E-state index contributed by atoms with van der Waals surface area (Å²) in [7, 11) is 0. The summed E-state index contributed by atoms with van der Waals surface area (Å²) in [6, 6.07) is 17.1. The summed E-state index contributed by atoms with van der Waals surface area (Å²) in [6.07, 6.45) is 0. The minimum atomic E-state index is -0.233. The molecule has 0 aliphatic carbocycles. The molecule has 2 amide bonds. The average Bonchev–Trinajstić information content (AvgIpc) is 2.68. The fourth-order valence-corrected chi connectivity index (χ4v) is 4.12. The number of nitrogens with one attached hydrogen (secondary N) is 2. The van der Waals surface area contributed by atoms with Crippen LogP contribution in [0.3, 0.4) is 0 Å². The van der Waals surface area contributed by atoms with E-state index in [9.17, 15) is 9.59 Å². The lowest BCUT2D eigenvalue weighted by Crippen LogP contribution is -2.18. The molecule has 0 bridgehead atoms. The minimum absolute atomic E-state index is 0.137. The molecule has 0 spiro atoms. The molecule has 0 saturated heterocycles. The van der Waals surface area contributed by atoms with Crippen molar-refractivity contribution in [1.82, 2.24) is 4.98 Å². The fraction of sp³-hybridized carbons (Fsp3) is 0.208. The van der Waals surface area contributed by atoms with Crippen molar-refractivity contribution in [2.45, 2.75) is 32.7 Å². The van der Waals surface area contributed by atoms with E-state index in [4.69, 9.17) is 0 Å². The number of hydrogen-bond donors (Lipinski definition) is 2. The zero-order valence-corrected chi connectivity index (χ0v) is 18.4. The van der Waals surface area contributed by atoms with Gasteiger partial charge < -0.3 is 10.6 Å². The van der Waals surface area contributed by atoms with Gasteiger partial charge in [-0.3, -0.25) is 9.59 Å². The van der Waals surface area contributed by atoms with Gasteiger partial charge in [-0.2, -0.15) is 0 Å². The van der Waals surface area contributed by atoms with E-state index >= 15 is 0 Å². The van der Waals surface area contributed by atoms with Crippen LogP contribution in [0.5, 0.6) is 0 Å². The Balaban J connectivity index is 1.75. The highest BCUT2D eigenvalue weighted by Crippen LogP contribution is 2.26. The third kappa shape index (κ3) is 5.48. The first-order valence-electron chi connectivity index (χ1n) is 9.68. The van der Waals surface area contributed by atoms with Crippen molar-refractivity contribution in [2.24, 2.45) is 0 Å². The normalized spacial score (nSPS) is 10.5. The lowest BCUT2D eigenvalue weighted by molar-refractivity contribution is -0.113. The smallest absolute Gasteiger partial charge is 0.258 e. The number of pyridine rings is 1. The van der Waals surface area contributed by atoms with Crippen LogP contribution in [0.15, 0.2) is 59.6 Å². The number of aryl methyl sites for hydroxylation is 4. The summed E-state index contributed by atoms with van der Waals surface area (Å²) in [5.74, 6) is -0.208. The Morgan fingerprint density at radius 1 is 0.900 bits per heavy atom. The van der Waals surface area contributed by atoms with E-state index in [2.05, 4.69) is 15.6 Å². The molecule has 0 fully saturated rings. The van der Waals surface area contributed by atoms with Crippen molar-refractivity contribution < 1.29 is 9.59 Å². The van der Waals surface area contributed by atoms with Crippen molar-refractivity contribution in [3.8, 4) is 0 Å². The minimum Gasteiger partial charge on any atom is -0.325 e. The number of rotatable bonds is 6. The predicted molar refractivity (Wildman–Crippen MR) is 123 cm³/mol. The first-order chi connectivity index (χ1) is 14.3. The van der Waals surface area contributed by atoms with Crippen LogP contribution >= 0.6 is 11.8 Å². The van der Waals surface area contributed by atoms with Crippen LogP contribution in [0, 0.1) is 27.7 Å². The van der Waals surface area contributed by atoms with E-state index in [1.54, 1.807) is 0 Å². The highest BCUT2D eigenvalue weighted by Gasteiger charge is 2.18. The lowest BCUT2D eigenvalue weighted by Gasteiger charge is -2.13. The van der Waals surface area contributed by atoms with Crippen LogP contribution in [0.4, 0.5) is 11.4 Å². The molecule has 2 aromatic carbocycles. The molecule has 0 saturated carbocycles. The van der Waals surface area contributed by atoms with Gasteiger partial charge in [0.15, 0.2) is 0 Å². The molecule has 0 aliphatic rings. The van der Waals surface area contributed by atoms with E-state index in [0.29, 0.717) is 16.3 Å². The highest BCUT2D eigenvalue weighted by atomic mass is 32.2. The molecule has 0 unspecified atom stereocenters. The predicted octanol–water partition coefficient (Wildman–Crippen LogP) is 5.30. The highest BCUT2D eigenvalue weighted by molar-refractivity contribution is 8.00.